The zero-order valence-corrected chi connectivity index (χ0v) is 6.24. The van der Waals surface area contributed by atoms with Gasteiger partial charge in [-0.1, -0.05) is 6.92 Å². The molecule has 1 unspecified atom stereocenters. The Morgan fingerprint density at radius 3 is 1.90 bits per heavy atom. The van der Waals surface area contributed by atoms with Crippen molar-refractivity contribution in [2.75, 3.05) is 0 Å². The fraction of sp³-hybridized carbons (Fsp3) is 0.600. The van der Waals surface area contributed by atoms with Crippen LogP contribution in [-0.4, -0.2) is 22.2 Å². The average molecular weight is 196 g/mol. The van der Waals surface area contributed by atoms with Crippen molar-refractivity contribution in [2.24, 2.45) is 5.92 Å². The summed E-state index contributed by atoms with van der Waals surface area (Å²) in [7, 11) is 0. The Balaban J connectivity index is 0. The van der Waals surface area contributed by atoms with Crippen LogP contribution in [0.2, 0.25) is 0 Å². The summed E-state index contributed by atoms with van der Waals surface area (Å²) in [6, 6.07) is 0. The van der Waals surface area contributed by atoms with Crippen LogP contribution in [0.3, 0.4) is 0 Å². The molecule has 4 nitrogen and oxygen atoms in total. The van der Waals surface area contributed by atoms with Crippen LogP contribution >= 0.6 is 0 Å². The van der Waals surface area contributed by atoms with Crippen molar-refractivity contribution in [1.82, 2.24) is 0 Å². The molecule has 0 aliphatic rings. The van der Waals surface area contributed by atoms with Gasteiger partial charge in [0.1, 0.15) is 0 Å². The molecule has 0 saturated heterocycles. The van der Waals surface area contributed by atoms with Crippen molar-refractivity contribution >= 4 is 11.9 Å². The Labute approximate surface area is 68.7 Å². The number of carboxylic acid groups (broad SMARTS) is 2. The van der Waals surface area contributed by atoms with Gasteiger partial charge < -0.3 is 10.2 Å². The molecule has 0 rings (SSSR count). The van der Waals surface area contributed by atoms with Gasteiger partial charge in [0.25, 0.3) is 0 Å². The average Bonchev–Trinajstić information content (AvgIpc) is 1.63. The fourth-order valence-electron chi connectivity index (χ4n) is 0.349. The summed E-state index contributed by atoms with van der Waals surface area (Å²) in [6.45, 7) is 1.36. The number of rotatable bonds is 3. The summed E-state index contributed by atoms with van der Waals surface area (Å²) in [5, 5.41) is 16.2. The van der Waals surface area contributed by atoms with Crippen LogP contribution in [0.5, 0.6) is 0 Å². The molecule has 0 fully saturated rings. The van der Waals surface area contributed by atoms with E-state index in [-0.39, 0.29) is 23.5 Å². The Hall–Kier alpha value is -0.541. The molecule has 0 aromatic rings. The zero-order valence-electron chi connectivity index (χ0n) is 5.30. The molecule has 0 aliphatic carbocycles. The van der Waals surface area contributed by atoms with Crippen LogP contribution in [0.25, 0.3) is 0 Å². The smallest absolute Gasteiger partial charge is 0.306 e. The van der Waals surface area contributed by atoms with E-state index in [2.05, 4.69) is 0 Å². The van der Waals surface area contributed by atoms with E-state index in [0.717, 1.165) is 0 Å². The van der Waals surface area contributed by atoms with E-state index in [1.54, 1.807) is 0 Å². The predicted molar refractivity (Wildman–Crippen MR) is 29.1 cm³/mol. The Morgan fingerprint density at radius 2 is 1.80 bits per heavy atom. The summed E-state index contributed by atoms with van der Waals surface area (Å²) in [5.74, 6) is -2.94. The number of hydrogen-bond acceptors (Lipinski definition) is 2. The van der Waals surface area contributed by atoms with E-state index in [1.807, 2.05) is 0 Å². The van der Waals surface area contributed by atoms with Gasteiger partial charge in [-0.2, -0.15) is 0 Å². The van der Waals surface area contributed by atoms with Gasteiger partial charge in [-0.25, -0.2) is 0 Å². The number of hydrogen-bond donors (Lipinski definition) is 2. The molecule has 0 spiro atoms. The summed E-state index contributed by atoms with van der Waals surface area (Å²) >= 11 is 0. The Bertz CT molecular complexity index is 134. The molecular formula is C5H8CuO4. The third-order valence-corrected chi connectivity index (χ3v) is 0.902. The van der Waals surface area contributed by atoms with Crippen LogP contribution in [-0.2, 0) is 26.7 Å². The van der Waals surface area contributed by atoms with Gasteiger partial charge in [-0.15, -0.1) is 0 Å². The van der Waals surface area contributed by atoms with E-state index in [4.69, 9.17) is 10.2 Å². The van der Waals surface area contributed by atoms with Gasteiger partial charge >= 0.3 is 11.9 Å². The first-order chi connectivity index (χ1) is 4.04. The van der Waals surface area contributed by atoms with Crippen molar-refractivity contribution in [3.63, 3.8) is 0 Å². The van der Waals surface area contributed by atoms with Crippen LogP contribution in [0.1, 0.15) is 13.3 Å². The van der Waals surface area contributed by atoms with Gasteiger partial charge in [0.15, 0.2) is 0 Å². The molecule has 1 radical (unpaired) electrons. The second kappa shape index (κ2) is 5.26. The first-order valence-corrected chi connectivity index (χ1v) is 2.48. The van der Waals surface area contributed by atoms with Gasteiger partial charge in [-0.3, -0.25) is 9.59 Å². The van der Waals surface area contributed by atoms with Gasteiger partial charge in [0.2, 0.25) is 0 Å². The SMILES string of the molecule is CC(CC(=O)O)C(=O)O.[Cu]. The molecule has 5 heteroatoms. The second-order valence-electron chi connectivity index (χ2n) is 1.84. The number of carbonyl (C=O) groups is 2. The normalized spacial score (nSPS) is 11.3. The first kappa shape index (κ1) is 12.2. The van der Waals surface area contributed by atoms with Crippen molar-refractivity contribution in [2.45, 2.75) is 13.3 Å². The van der Waals surface area contributed by atoms with Crippen molar-refractivity contribution in [3.8, 4) is 0 Å². The summed E-state index contributed by atoms with van der Waals surface area (Å²) in [5.41, 5.74) is 0. The van der Waals surface area contributed by atoms with Crippen LogP contribution in [0.4, 0.5) is 0 Å². The Morgan fingerprint density at radius 1 is 1.40 bits per heavy atom. The van der Waals surface area contributed by atoms with Gasteiger partial charge in [0.05, 0.1) is 12.3 Å². The van der Waals surface area contributed by atoms with Crippen LogP contribution in [0.15, 0.2) is 0 Å². The molecule has 0 aliphatic heterocycles. The maximum Gasteiger partial charge on any atom is 0.306 e. The third kappa shape index (κ3) is 5.59. The molecule has 63 valence electrons. The number of aliphatic carboxylic acids is 2. The van der Waals surface area contributed by atoms with E-state index >= 15 is 0 Å². The van der Waals surface area contributed by atoms with E-state index < -0.39 is 17.9 Å². The molecule has 1 atom stereocenters. The molecule has 0 saturated carbocycles. The van der Waals surface area contributed by atoms with Crippen molar-refractivity contribution in [3.05, 3.63) is 0 Å². The van der Waals surface area contributed by atoms with Crippen LogP contribution in [0, 0.1) is 5.92 Å². The maximum absolute atomic E-state index is 9.97. The Kier molecular flexibility index (Phi) is 6.40. The molecule has 0 amide bonds. The van der Waals surface area contributed by atoms with Crippen LogP contribution < -0.4 is 0 Å². The fourth-order valence-corrected chi connectivity index (χ4v) is 0.349. The van der Waals surface area contributed by atoms with Crippen molar-refractivity contribution in [1.29, 1.82) is 0 Å². The number of carboxylic acids is 2. The quantitative estimate of drug-likeness (QED) is 0.630. The minimum Gasteiger partial charge on any atom is -0.481 e. The minimum atomic E-state index is -1.08. The van der Waals surface area contributed by atoms with E-state index in [1.165, 1.54) is 6.92 Å². The van der Waals surface area contributed by atoms with E-state index in [9.17, 15) is 9.59 Å². The standard InChI is InChI=1S/C5H8O4.Cu/c1-3(5(8)9)2-4(6)7;/h3H,2H2,1H3,(H,6,7)(H,8,9);. The minimum absolute atomic E-state index is 0. The molecule has 10 heavy (non-hydrogen) atoms. The van der Waals surface area contributed by atoms with Crippen molar-refractivity contribution < 1.29 is 36.9 Å². The molecule has 0 heterocycles. The summed E-state index contributed by atoms with van der Waals surface area (Å²) < 4.78 is 0. The molecule has 0 aromatic heterocycles. The summed E-state index contributed by atoms with van der Waals surface area (Å²) in [4.78, 5) is 19.8. The molecular weight excluding hydrogens is 188 g/mol. The van der Waals surface area contributed by atoms with Gasteiger partial charge in [0, 0.05) is 17.1 Å². The monoisotopic (exact) mass is 195 g/mol. The largest absolute Gasteiger partial charge is 0.481 e. The summed E-state index contributed by atoms with van der Waals surface area (Å²) in [6.07, 6.45) is -0.310. The predicted octanol–water partition coefficient (Wildman–Crippen LogP) is 0.179. The van der Waals surface area contributed by atoms with Gasteiger partial charge in [-0.05, 0) is 0 Å². The second-order valence-corrected chi connectivity index (χ2v) is 1.84. The molecule has 2 N–H and O–H groups in total. The molecule has 0 bridgehead atoms. The zero-order chi connectivity index (χ0) is 7.44. The maximum atomic E-state index is 9.97. The molecule has 0 aromatic carbocycles. The topological polar surface area (TPSA) is 74.6 Å². The third-order valence-electron chi connectivity index (χ3n) is 0.902. The van der Waals surface area contributed by atoms with E-state index in [0.29, 0.717) is 0 Å². The first-order valence-electron chi connectivity index (χ1n) is 2.48.